The Bertz CT molecular complexity index is 1980. The SMILES string of the molecule is COc1cc(CN2CCC(CCN3CCC(Nc4nc5ccccc5n4Cc4ccc(C)o4)CC3)(Cc3ccc(F)cc3)C2=O)cc(OC)c1OC. The molecule has 1 N–H and O–H groups in total. The molecule has 7 rings (SSSR count). The Morgan fingerprint density at radius 1 is 0.904 bits per heavy atom. The molecule has 11 heteroatoms. The van der Waals surface area contributed by atoms with Gasteiger partial charge in [0.25, 0.3) is 0 Å². The predicted molar refractivity (Wildman–Crippen MR) is 199 cm³/mol. The van der Waals surface area contributed by atoms with E-state index in [1.54, 1.807) is 21.3 Å². The number of nitrogens with zero attached hydrogens (tertiary/aromatic N) is 4. The first-order chi connectivity index (χ1) is 25.3. The lowest BCUT2D eigenvalue weighted by Gasteiger charge is -2.35. The third-order valence-electron chi connectivity index (χ3n) is 10.7. The van der Waals surface area contributed by atoms with Crippen LogP contribution in [-0.2, 0) is 24.3 Å². The third-order valence-corrected chi connectivity index (χ3v) is 10.7. The number of hydrogen-bond donors (Lipinski definition) is 1. The number of piperidine rings is 1. The molecular formula is C41H48FN5O5. The fourth-order valence-corrected chi connectivity index (χ4v) is 7.90. The van der Waals surface area contributed by atoms with Crippen LogP contribution in [0.1, 0.15) is 48.3 Å². The van der Waals surface area contributed by atoms with Crippen molar-refractivity contribution in [2.24, 2.45) is 5.41 Å². The van der Waals surface area contributed by atoms with E-state index in [0.717, 1.165) is 84.9 Å². The molecule has 2 saturated heterocycles. The molecule has 5 aromatic rings. The molecule has 10 nitrogen and oxygen atoms in total. The van der Waals surface area contributed by atoms with Crippen LogP contribution in [0.15, 0.2) is 77.2 Å². The highest BCUT2D eigenvalue weighted by molar-refractivity contribution is 5.85. The maximum atomic E-state index is 14.4. The molecule has 52 heavy (non-hydrogen) atoms. The molecule has 274 valence electrons. The van der Waals surface area contributed by atoms with E-state index in [0.29, 0.717) is 43.3 Å². The summed E-state index contributed by atoms with van der Waals surface area (Å²) in [6.07, 6.45) is 3.97. The van der Waals surface area contributed by atoms with Gasteiger partial charge in [-0.25, -0.2) is 9.37 Å². The first kappa shape index (κ1) is 35.4. The van der Waals surface area contributed by atoms with Gasteiger partial charge in [0.15, 0.2) is 11.5 Å². The van der Waals surface area contributed by atoms with Crippen LogP contribution in [0.25, 0.3) is 11.0 Å². The molecule has 0 saturated carbocycles. The number of methoxy groups -OCH3 is 3. The average molecular weight is 710 g/mol. The van der Waals surface area contributed by atoms with E-state index in [2.05, 4.69) is 20.9 Å². The van der Waals surface area contributed by atoms with E-state index in [-0.39, 0.29) is 17.8 Å². The minimum Gasteiger partial charge on any atom is -0.493 e. The number of halogens is 1. The molecular weight excluding hydrogens is 661 g/mol. The summed E-state index contributed by atoms with van der Waals surface area (Å²) >= 11 is 0. The van der Waals surface area contributed by atoms with Crippen LogP contribution in [-0.4, -0.2) is 78.8 Å². The summed E-state index contributed by atoms with van der Waals surface area (Å²) in [5, 5.41) is 3.75. The van der Waals surface area contributed by atoms with Crippen LogP contribution >= 0.6 is 0 Å². The summed E-state index contributed by atoms with van der Waals surface area (Å²) in [5.74, 6) is 4.15. The Morgan fingerprint density at radius 2 is 1.63 bits per heavy atom. The number of hydrogen-bond acceptors (Lipinski definition) is 8. The Balaban J connectivity index is 1.02. The summed E-state index contributed by atoms with van der Waals surface area (Å²) in [4.78, 5) is 23.8. The number of fused-ring (bicyclic) bond motifs is 1. The van der Waals surface area contributed by atoms with Gasteiger partial charge in [0.2, 0.25) is 17.6 Å². The molecule has 4 heterocycles. The maximum absolute atomic E-state index is 14.4. The van der Waals surface area contributed by atoms with E-state index < -0.39 is 5.41 Å². The molecule has 1 unspecified atom stereocenters. The number of aryl methyl sites for hydroxylation is 1. The van der Waals surface area contributed by atoms with Gasteiger partial charge >= 0.3 is 0 Å². The highest BCUT2D eigenvalue weighted by Gasteiger charge is 2.46. The lowest BCUT2D eigenvalue weighted by molar-refractivity contribution is -0.137. The third kappa shape index (κ3) is 7.46. The molecule has 3 aromatic carbocycles. The minimum absolute atomic E-state index is 0.132. The number of ether oxygens (including phenoxy) is 3. The van der Waals surface area contributed by atoms with Crippen LogP contribution in [0.4, 0.5) is 10.3 Å². The monoisotopic (exact) mass is 709 g/mol. The number of para-hydroxylation sites is 2. The second-order valence-electron chi connectivity index (χ2n) is 14.1. The van der Waals surface area contributed by atoms with Gasteiger partial charge in [-0.1, -0.05) is 24.3 Å². The maximum Gasteiger partial charge on any atom is 0.229 e. The van der Waals surface area contributed by atoms with Gasteiger partial charge in [-0.3, -0.25) is 4.79 Å². The standard InChI is InChI=1S/C41H48FN5O5/c1-28-9-14-33(52-28)27-47-35-8-6-5-7-34(35)44-40(47)43-32-15-19-45(20-16-32)21-17-41(25-29-10-12-31(42)13-11-29)18-22-46(39(41)48)26-30-23-36(49-2)38(51-4)37(24-30)50-3/h5-14,23-24,32H,15-22,25-27H2,1-4H3,(H,43,44). The number of benzene rings is 3. The van der Waals surface area contributed by atoms with Crippen molar-refractivity contribution in [3.05, 3.63) is 101 Å². The number of rotatable bonds is 14. The Hall–Kier alpha value is -5.03. The number of amides is 1. The van der Waals surface area contributed by atoms with Gasteiger partial charge in [-0.05, 0) is 105 Å². The van der Waals surface area contributed by atoms with Gasteiger partial charge in [-0.15, -0.1) is 0 Å². The number of imidazole rings is 1. The zero-order valence-corrected chi connectivity index (χ0v) is 30.5. The van der Waals surface area contributed by atoms with Crippen molar-refractivity contribution in [3.63, 3.8) is 0 Å². The van der Waals surface area contributed by atoms with E-state index >= 15 is 0 Å². The van der Waals surface area contributed by atoms with Crippen molar-refractivity contribution in [1.82, 2.24) is 19.4 Å². The van der Waals surface area contributed by atoms with Crippen LogP contribution in [0.5, 0.6) is 17.2 Å². The molecule has 2 aliphatic rings. The summed E-state index contributed by atoms with van der Waals surface area (Å²) in [6.45, 7) is 6.30. The number of furan rings is 1. The van der Waals surface area contributed by atoms with Crippen LogP contribution in [0, 0.1) is 18.2 Å². The van der Waals surface area contributed by atoms with Crippen LogP contribution in [0.2, 0.25) is 0 Å². The molecule has 1 atom stereocenters. The van der Waals surface area contributed by atoms with Gasteiger partial charge in [0.1, 0.15) is 17.3 Å². The average Bonchev–Trinajstić information content (AvgIpc) is 3.83. The van der Waals surface area contributed by atoms with Gasteiger partial charge in [0.05, 0.1) is 44.3 Å². The number of nitrogens with one attached hydrogen (secondary N) is 1. The Kier molecular flexibility index (Phi) is 10.4. The minimum atomic E-state index is -0.581. The molecule has 0 aliphatic carbocycles. The molecule has 2 aromatic heterocycles. The van der Waals surface area contributed by atoms with Crippen molar-refractivity contribution in [1.29, 1.82) is 0 Å². The number of likely N-dealkylation sites (tertiary alicyclic amines) is 2. The zero-order valence-electron chi connectivity index (χ0n) is 30.5. The van der Waals surface area contributed by atoms with Crippen molar-refractivity contribution in [2.45, 2.75) is 58.2 Å². The molecule has 1 amide bonds. The lowest BCUT2D eigenvalue weighted by Crippen LogP contribution is -2.43. The van der Waals surface area contributed by atoms with Gasteiger partial charge in [-0.2, -0.15) is 0 Å². The van der Waals surface area contributed by atoms with E-state index in [1.165, 1.54) is 12.1 Å². The van der Waals surface area contributed by atoms with E-state index in [9.17, 15) is 9.18 Å². The molecule has 0 radical (unpaired) electrons. The Labute approximate surface area is 304 Å². The fourth-order valence-electron chi connectivity index (χ4n) is 7.90. The number of carbonyl (C=O) groups excluding carboxylic acids is 1. The highest BCUT2D eigenvalue weighted by Crippen LogP contribution is 2.42. The summed E-state index contributed by atoms with van der Waals surface area (Å²) in [5.41, 5.74) is 3.33. The normalized spacial score (nSPS) is 18.3. The highest BCUT2D eigenvalue weighted by atomic mass is 19.1. The summed E-state index contributed by atoms with van der Waals surface area (Å²) in [6, 6.07) is 22.9. The largest absolute Gasteiger partial charge is 0.493 e. The smallest absolute Gasteiger partial charge is 0.229 e. The summed E-state index contributed by atoms with van der Waals surface area (Å²) < 4.78 is 38.6. The predicted octanol–water partition coefficient (Wildman–Crippen LogP) is 7.08. The second-order valence-corrected chi connectivity index (χ2v) is 14.1. The fraction of sp³-hybridized carbons (Fsp3) is 0.415. The topological polar surface area (TPSA) is 94.2 Å². The number of carbonyl (C=O) groups is 1. The van der Waals surface area contributed by atoms with E-state index in [4.69, 9.17) is 23.6 Å². The quantitative estimate of drug-likeness (QED) is 0.131. The van der Waals surface area contributed by atoms with Crippen LogP contribution in [0.3, 0.4) is 0 Å². The number of aromatic nitrogens is 2. The van der Waals surface area contributed by atoms with Crippen LogP contribution < -0.4 is 19.5 Å². The van der Waals surface area contributed by atoms with Crippen molar-refractivity contribution in [3.8, 4) is 17.2 Å². The van der Waals surface area contributed by atoms with Gasteiger partial charge in [0, 0.05) is 32.2 Å². The summed E-state index contributed by atoms with van der Waals surface area (Å²) in [7, 11) is 4.76. The molecule has 0 bridgehead atoms. The first-order valence-electron chi connectivity index (χ1n) is 18.1. The lowest BCUT2D eigenvalue weighted by atomic mass is 9.77. The van der Waals surface area contributed by atoms with Crippen molar-refractivity contribution >= 4 is 22.9 Å². The Morgan fingerprint density at radius 3 is 2.31 bits per heavy atom. The molecule has 2 aliphatic heterocycles. The molecule has 2 fully saturated rings. The van der Waals surface area contributed by atoms with E-state index in [1.807, 2.05) is 66.4 Å². The second kappa shape index (κ2) is 15.3. The van der Waals surface area contributed by atoms with Crippen molar-refractivity contribution in [2.75, 3.05) is 52.8 Å². The van der Waals surface area contributed by atoms with Crippen molar-refractivity contribution < 1.29 is 27.8 Å². The molecule has 0 spiro atoms. The van der Waals surface area contributed by atoms with Gasteiger partial charge < -0.3 is 38.3 Å². The zero-order chi connectivity index (χ0) is 36.2. The first-order valence-corrected chi connectivity index (χ1v) is 18.1. The number of anilines is 1.